The molecule has 0 saturated carbocycles. The monoisotopic (exact) mass is 400 g/mol. The summed E-state index contributed by atoms with van der Waals surface area (Å²) in [6, 6.07) is 15.1. The molecule has 0 bridgehead atoms. The van der Waals surface area contributed by atoms with Crippen molar-refractivity contribution in [3.63, 3.8) is 0 Å². The van der Waals surface area contributed by atoms with E-state index >= 15 is 0 Å². The van der Waals surface area contributed by atoms with E-state index in [-0.39, 0.29) is 0 Å². The van der Waals surface area contributed by atoms with E-state index in [9.17, 15) is 5.26 Å². The van der Waals surface area contributed by atoms with Gasteiger partial charge in [-0.25, -0.2) is 4.98 Å². The molecule has 3 aromatic rings. The second kappa shape index (κ2) is 8.37. The van der Waals surface area contributed by atoms with Gasteiger partial charge in [0.05, 0.1) is 22.9 Å². The van der Waals surface area contributed by atoms with E-state index < -0.39 is 0 Å². The van der Waals surface area contributed by atoms with E-state index in [1.165, 1.54) is 11.3 Å². The van der Waals surface area contributed by atoms with Crippen LogP contribution in [0, 0.1) is 11.3 Å². The summed E-state index contributed by atoms with van der Waals surface area (Å²) in [4.78, 5) is 4.57. The predicted molar refractivity (Wildman–Crippen MR) is 109 cm³/mol. The topological polar surface area (TPSA) is 45.9 Å². The number of aromatic nitrogens is 1. The van der Waals surface area contributed by atoms with Gasteiger partial charge in [-0.15, -0.1) is 11.3 Å². The van der Waals surface area contributed by atoms with Crippen LogP contribution in [-0.2, 0) is 0 Å². The maximum atomic E-state index is 9.54. The Morgan fingerprint density at radius 1 is 1.23 bits per heavy atom. The van der Waals surface area contributed by atoms with Gasteiger partial charge in [-0.3, -0.25) is 0 Å². The fourth-order valence-electron chi connectivity index (χ4n) is 2.34. The van der Waals surface area contributed by atoms with Crippen molar-refractivity contribution in [1.82, 2.24) is 4.98 Å². The molecule has 0 spiro atoms. The van der Waals surface area contributed by atoms with Gasteiger partial charge in [0, 0.05) is 16.0 Å². The Kier molecular flexibility index (Phi) is 5.95. The molecule has 0 N–H and O–H groups in total. The molecule has 0 atom stereocenters. The third-order valence-corrected chi connectivity index (χ3v) is 4.98. The predicted octanol–water partition coefficient (Wildman–Crippen LogP) is 6.58. The van der Waals surface area contributed by atoms with E-state index in [2.05, 4.69) is 11.1 Å². The van der Waals surface area contributed by atoms with Crippen LogP contribution in [0.3, 0.4) is 0 Å². The lowest BCUT2D eigenvalue weighted by atomic mass is 10.1. The molecule has 0 unspecified atom stereocenters. The van der Waals surface area contributed by atoms with Crippen LogP contribution in [-0.4, -0.2) is 11.6 Å². The Morgan fingerprint density at radius 3 is 2.65 bits per heavy atom. The molecule has 6 heteroatoms. The van der Waals surface area contributed by atoms with Crippen molar-refractivity contribution in [2.75, 3.05) is 6.61 Å². The van der Waals surface area contributed by atoms with Crippen molar-refractivity contribution in [2.24, 2.45) is 0 Å². The summed E-state index contributed by atoms with van der Waals surface area (Å²) < 4.78 is 5.43. The number of thiazole rings is 1. The highest BCUT2D eigenvalue weighted by Gasteiger charge is 2.10. The van der Waals surface area contributed by atoms with Gasteiger partial charge in [0.25, 0.3) is 0 Å². The Morgan fingerprint density at radius 2 is 2.00 bits per heavy atom. The first-order valence-corrected chi connectivity index (χ1v) is 9.50. The molecule has 1 heterocycles. The van der Waals surface area contributed by atoms with Gasteiger partial charge in [0.15, 0.2) is 0 Å². The van der Waals surface area contributed by atoms with Crippen molar-refractivity contribution in [1.29, 1.82) is 5.26 Å². The number of hydrogen-bond donors (Lipinski definition) is 0. The van der Waals surface area contributed by atoms with Gasteiger partial charge in [0.1, 0.15) is 16.8 Å². The smallest absolute Gasteiger partial charge is 0.137 e. The molecule has 0 fully saturated rings. The van der Waals surface area contributed by atoms with Gasteiger partial charge in [-0.2, -0.15) is 5.26 Å². The average Bonchev–Trinajstić information content (AvgIpc) is 3.12. The molecule has 0 amide bonds. The number of benzene rings is 2. The van der Waals surface area contributed by atoms with E-state index in [1.807, 2.05) is 42.6 Å². The van der Waals surface area contributed by atoms with Crippen molar-refractivity contribution in [2.45, 2.75) is 6.92 Å². The van der Waals surface area contributed by atoms with Crippen LogP contribution in [0.15, 0.2) is 47.8 Å². The molecular formula is C20H14Cl2N2OS. The summed E-state index contributed by atoms with van der Waals surface area (Å²) in [5.74, 6) is 0.629. The molecule has 3 nitrogen and oxygen atoms in total. The van der Waals surface area contributed by atoms with Gasteiger partial charge in [-0.1, -0.05) is 41.4 Å². The van der Waals surface area contributed by atoms with E-state index in [1.54, 1.807) is 18.2 Å². The summed E-state index contributed by atoms with van der Waals surface area (Å²) in [5.41, 5.74) is 3.07. The Hall–Kier alpha value is -2.32. The number of nitriles is 1. The third-order valence-electron chi connectivity index (χ3n) is 3.56. The average molecular weight is 401 g/mol. The highest BCUT2D eigenvalue weighted by molar-refractivity contribution is 7.11. The van der Waals surface area contributed by atoms with Crippen LogP contribution in [0.2, 0.25) is 10.0 Å². The SMILES string of the molecule is CCOc1ccc(/C=C(/C#N)c2nc(-c3ccc(Cl)cc3)cs2)cc1Cl. The van der Waals surface area contributed by atoms with E-state index in [0.29, 0.717) is 33.0 Å². The molecule has 0 aliphatic rings. The van der Waals surface area contributed by atoms with Crippen LogP contribution >= 0.6 is 34.5 Å². The first kappa shape index (κ1) is 18.5. The first-order chi connectivity index (χ1) is 12.6. The van der Waals surface area contributed by atoms with Crippen LogP contribution in [0.1, 0.15) is 17.5 Å². The minimum absolute atomic E-state index is 0.482. The van der Waals surface area contributed by atoms with Gasteiger partial charge in [0.2, 0.25) is 0 Å². The van der Waals surface area contributed by atoms with Crippen LogP contribution in [0.25, 0.3) is 22.9 Å². The Labute approximate surface area is 166 Å². The van der Waals surface area contributed by atoms with Crippen LogP contribution in [0.4, 0.5) is 0 Å². The molecule has 130 valence electrons. The number of rotatable bonds is 5. The summed E-state index contributed by atoms with van der Waals surface area (Å²) in [6.45, 7) is 2.45. The van der Waals surface area contributed by atoms with Crippen LogP contribution in [0.5, 0.6) is 5.75 Å². The van der Waals surface area contributed by atoms with E-state index in [0.717, 1.165) is 16.8 Å². The van der Waals surface area contributed by atoms with Gasteiger partial charge >= 0.3 is 0 Å². The number of nitrogens with zero attached hydrogens (tertiary/aromatic N) is 2. The normalized spacial score (nSPS) is 11.2. The summed E-state index contributed by atoms with van der Waals surface area (Å²) in [6.07, 6.45) is 1.77. The zero-order chi connectivity index (χ0) is 18.5. The first-order valence-electron chi connectivity index (χ1n) is 7.86. The lowest BCUT2D eigenvalue weighted by Gasteiger charge is -2.06. The maximum absolute atomic E-state index is 9.54. The molecule has 3 rings (SSSR count). The zero-order valence-electron chi connectivity index (χ0n) is 13.9. The number of hydrogen-bond acceptors (Lipinski definition) is 4. The molecule has 26 heavy (non-hydrogen) atoms. The quantitative estimate of drug-likeness (QED) is 0.454. The lowest BCUT2D eigenvalue weighted by Crippen LogP contribution is -1.92. The van der Waals surface area contributed by atoms with Crippen LogP contribution < -0.4 is 4.74 Å². The lowest BCUT2D eigenvalue weighted by molar-refractivity contribution is 0.340. The summed E-state index contributed by atoms with van der Waals surface area (Å²) in [5, 5.41) is 13.3. The minimum Gasteiger partial charge on any atom is -0.492 e. The fourth-order valence-corrected chi connectivity index (χ4v) is 3.50. The number of allylic oxidation sites excluding steroid dienone is 1. The van der Waals surface area contributed by atoms with Gasteiger partial charge in [-0.05, 0) is 42.8 Å². The highest BCUT2D eigenvalue weighted by atomic mass is 35.5. The molecule has 0 aliphatic heterocycles. The highest BCUT2D eigenvalue weighted by Crippen LogP contribution is 2.30. The van der Waals surface area contributed by atoms with E-state index in [4.69, 9.17) is 27.9 Å². The van der Waals surface area contributed by atoms with Crippen molar-refractivity contribution in [3.05, 3.63) is 68.5 Å². The molecule has 2 aromatic carbocycles. The fraction of sp³-hybridized carbons (Fsp3) is 0.100. The largest absolute Gasteiger partial charge is 0.492 e. The van der Waals surface area contributed by atoms with Crippen molar-refractivity contribution in [3.8, 4) is 23.1 Å². The number of ether oxygens (including phenoxy) is 1. The third kappa shape index (κ3) is 4.25. The molecule has 0 aliphatic carbocycles. The minimum atomic E-state index is 0.482. The second-order valence-electron chi connectivity index (χ2n) is 5.34. The molecule has 1 aromatic heterocycles. The Bertz CT molecular complexity index is 988. The maximum Gasteiger partial charge on any atom is 0.137 e. The van der Waals surface area contributed by atoms with Gasteiger partial charge < -0.3 is 4.74 Å². The molecule has 0 radical (unpaired) electrons. The molecular weight excluding hydrogens is 387 g/mol. The second-order valence-corrected chi connectivity index (χ2v) is 7.04. The summed E-state index contributed by atoms with van der Waals surface area (Å²) >= 11 is 13.6. The standard InChI is InChI=1S/C20H14Cl2N2OS/c1-2-25-19-8-3-13(10-17(19)22)9-15(11-23)20-24-18(12-26-20)14-4-6-16(21)7-5-14/h3-10,12H,2H2,1H3/b15-9-. The zero-order valence-corrected chi connectivity index (χ0v) is 16.2. The van der Waals surface area contributed by atoms with Crippen molar-refractivity contribution < 1.29 is 4.74 Å². The van der Waals surface area contributed by atoms with Crippen molar-refractivity contribution >= 4 is 46.2 Å². The summed E-state index contributed by atoms with van der Waals surface area (Å²) in [7, 11) is 0. The Balaban J connectivity index is 1.90. The molecule has 0 saturated heterocycles. The number of halogens is 2.